The van der Waals surface area contributed by atoms with Gasteiger partial charge in [0.25, 0.3) is 0 Å². The molecule has 1 aromatic carbocycles. The average molecular weight is 269 g/mol. The van der Waals surface area contributed by atoms with Crippen LogP contribution in [-0.4, -0.2) is 26.7 Å². The van der Waals surface area contributed by atoms with Crippen molar-refractivity contribution >= 4 is 11.1 Å². The van der Waals surface area contributed by atoms with Crippen molar-refractivity contribution in [3.8, 4) is 11.3 Å². The molecule has 5 nitrogen and oxygen atoms in total. The molecule has 0 aliphatic heterocycles. The maximum Gasteiger partial charge on any atom is 0.192 e. The molecule has 2 aromatic heterocycles. The zero-order valence-electron chi connectivity index (χ0n) is 11.2. The highest BCUT2D eigenvalue weighted by molar-refractivity contribution is 5.79. The highest BCUT2D eigenvalue weighted by Gasteiger charge is 2.46. The second kappa shape index (κ2) is 3.93. The van der Waals surface area contributed by atoms with Crippen LogP contribution in [0.1, 0.15) is 24.6 Å². The Labute approximate surface area is 115 Å². The van der Waals surface area contributed by atoms with Crippen molar-refractivity contribution < 1.29 is 9.52 Å². The molecule has 102 valence electrons. The standard InChI is InChI=1S/C15H15N3O2/c1-9-17-11-6-10(2-3-13(11)20-9)12-7-16-14(18-12)15(8-19)4-5-15/h2-3,6-7,19H,4-5,8H2,1H3,(H,16,18). The molecule has 1 aliphatic rings. The molecule has 2 heterocycles. The molecule has 2 N–H and O–H groups in total. The first-order valence-electron chi connectivity index (χ1n) is 6.74. The van der Waals surface area contributed by atoms with Crippen molar-refractivity contribution in [3.63, 3.8) is 0 Å². The summed E-state index contributed by atoms with van der Waals surface area (Å²) >= 11 is 0. The number of hydrogen-bond acceptors (Lipinski definition) is 4. The fourth-order valence-electron chi connectivity index (χ4n) is 2.57. The van der Waals surface area contributed by atoms with Crippen molar-refractivity contribution in [2.24, 2.45) is 0 Å². The van der Waals surface area contributed by atoms with Crippen molar-refractivity contribution in [1.29, 1.82) is 0 Å². The molecular weight excluding hydrogens is 254 g/mol. The summed E-state index contributed by atoms with van der Waals surface area (Å²) in [4.78, 5) is 12.1. The van der Waals surface area contributed by atoms with Crippen LogP contribution in [0.25, 0.3) is 22.4 Å². The molecule has 0 radical (unpaired) electrons. The third-order valence-corrected chi connectivity index (χ3v) is 4.04. The summed E-state index contributed by atoms with van der Waals surface area (Å²) in [6.07, 6.45) is 3.81. The molecule has 3 aromatic rings. The molecule has 20 heavy (non-hydrogen) atoms. The number of H-pyrrole nitrogens is 1. The number of fused-ring (bicyclic) bond motifs is 1. The second-order valence-corrected chi connectivity index (χ2v) is 5.50. The van der Waals surface area contributed by atoms with Gasteiger partial charge in [0.2, 0.25) is 0 Å². The number of benzene rings is 1. The maximum absolute atomic E-state index is 9.45. The summed E-state index contributed by atoms with van der Waals surface area (Å²) in [6.45, 7) is 1.99. The quantitative estimate of drug-likeness (QED) is 0.766. The van der Waals surface area contributed by atoms with E-state index >= 15 is 0 Å². The highest BCUT2D eigenvalue weighted by atomic mass is 16.3. The highest BCUT2D eigenvalue weighted by Crippen LogP contribution is 2.46. The van der Waals surface area contributed by atoms with Gasteiger partial charge in [-0.3, -0.25) is 0 Å². The van der Waals surface area contributed by atoms with Gasteiger partial charge >= 0.3 is 0 Å². The molecule has 0 saturated heterocycles. The molecule has 0 unspecified atom stereocenters. The third kappa shape index (κ3) is 1.67. The molecule has 0 atom stereocenters. The lowest BCUT2D eigenvalue weighted by Gasteiger charge is -2.06. The van der Waals surface area contributed by atoms with Crippen LogP contribution in [0.3, 0.4) is 0 Å². The van der Waals surface area contributed by atoms with E-state index in [1.165, 1.54) is 0 Å². The summed E-state index contributed by atoms with van der Waals surface area (Å²) in [7, 11) is 0. The van der Waals surface area contributed by atoms with Crippen molar-refractivity contribution in [1.82, 2.24) is 15.0 Å². The Kier molecular flexibility index (Phi) is 2.29. The van der Waals surface area contributed by atoms with Crippen LogP contribution in [0, 0.1) is 6.92 Å². The van der Waals surface area contributed by atoms with Crippen molar-refractivity contribution in [3.05, 3.63) is 36.1 Å². The monoisotopic (exact) mass is 269 g/mol. The molecule has 1 aliphatic carbocycles. The van der Waals surface area contributed by atoms with Crippen LogP contribution in [0.4, 0.5) is 0 Å². The smallest absolute Gasteiger partial charge is 0.192 e. The lowest BCUT2D eigenvalue weighted by atomic mass is 10.1. The van der Waals surface area contributed by atoms with Crippen molar-refractivity contribution in [2.75, 3.05) is 6.61 Å². The second-order valence-electron chi connectivity index (χ2n) is 5.50. The first-order chi connectivity index (χ1) is 9.70. The van der Waals surface area contributed by atoms with E-state index < -0.39 is 0 Å². The predicted molar refractivity (Wildman–Crippen MR) is 74.3 cm³/mol. The molecule has 0 spiro atoms. The lowest BCUT2D eigenvalue weighted by Crippen LogP contribution is -2.13. The number of aryl methyl sites for hydroxylation is 1. The molecule has 1 saturated carbocycles. The van der Waals surface area contributed by atoms with Gasteiger partial charge in [0.15, 0.2) is 11.5 Å². The number of oxazole rings is 1. The Balaban J connectivity index is 1.75. The van der Waals surface area contributed by atoms with Crippen molar-refractivity contribution in [2.45, 2.75) is 25.2 Å². The summed E-state index contributed by atoms with van der Waals surface area (Å²) in [5.74, 6) is 1.55. The fraction of sp³-hybridized carbons (Fsp3) is 0.333. The number of rotatable bonds is 3. The van der Waals surface area contributed by atoms with Crippen LogP contribution in [0.5, 0.6) is 0 Å². The van der Waals surface area contributed by atoms with E-state index in [0.717, 1.165) is 41.0 Å². The number of aromatic amines is 1. The lowest BCUT2D eigenvalue weighted by molar-refractivity contribution is 0.250. The zero-order valence-corrected chi connectivity index (χ0v) is 11.2. The Morgan fingerprint density at radius 1 is 1.40 bits per heavy atom. The third-order valence-electron chi connectivity index (χ3n) is 4.04. The molecule has 5 heteroatoms. The van der Waals surface area contributed by atoms with E-state index in [1.54, 1.807) is 0 Å². The van der Waals surface area contributed by atoms with E-state index in [-0.39, 0.29) is 12.0 Å². The van der Waals surface area contributed by atoms with Gasteiger partial charge in [-0.25, -0.2) is 9.97 Å². The summed E-state index contributed by atoms with van der Waals surface area (Å²) in [5, 5.41) is 9.45. The Hall–Kier alpha value is -2.14. The topological polar surface area (TPSA) is 74.9 Å². The zero-order chi connectivity index (χ0) is 13.7. The minimum Gasteiger partial charge on any atom is -0.441 e. The number of aromatic nitrogens is 3. The number of aliphatic hydroxyl groups excluding tert-OH is 1. The first kappa shape index (κ1) is 11.7. The molecule has 1 fully saturated rings. The number of aliphatic hydroxyl groups is 1. The normalized spacial score (nSPS) is 16.7. The van der Waals surface area contributed by atoms with Gasteiger partial charge in [-0.05, 0) is 31.0 Å². The van der Waals surface area contributed by atoms with Crippen LogP contribution in [0.2, 0.25) is 0 Å². The first-order valence-corrected chi connectivity index (χ1v) is 6.74. The van der Waals surface area contributed by atoms with Crippen LogP contribution in [-0.2, 0) is 5.41 Å². The largest absolute Gasteiger partial charge is 0.441 e. The molecule has 0 bridgehead atoms. The van der Waals surface area contributed by atoms with Crippen LogP contribution >= 0.6 is 0 Å². The fourth-order valence-corrected chi connectivity index (χ4v) is 2.57. The molecule has 4 rings (SSSR count). The molecular formula is C15H15N3O2. The number of imidazole rings is 1. The summed E-state index contributed by atoms with van der Waals surface area (Å²) in [5.41, 5.74) is 3.48. The number of hydrogen-bond donors (Lipinski definition) is 2. The Morgan fingerprint density at radius 2 is 2.25 bits per heavy atom. The summed E-state index contributed by atoms with van der Waals surface area (Å²) < 4.78 is 5.48. The average Bonchev–Trinajstić information content (AvgIpc) is 2.93. The van der Waals surface area contributed by atoms with E-state index in [9.17, 15) is 5.11 Å². The van der Waals surface area contributed by atoms with E-state index in [4.69, 9.17) is 4.42 Å². The van der Waals surface area contributed by atoms with E-state index in [0.29, 0.717) is 5.89 Å². The summed E-state index contributed by atoms with van der Waals surface area (Å²) in [6, 6.07) is 5.90. The van der Waals surface area contributed by atoms with E-state index in [1.807, 2.05) is 31.3 Å². The van der Waals surface area contributed by atoms with Gasteiger partial charge in [0.05, 0.1) is 23.9 Å². The van der Waals surface area contributed by atoms with Gasteiger partial charge in [-0.2, -0.15) is 0 Å². The Morgan fingerprint density at radius 3 is 3.00 bits per heavy atom. The predicted octanol–water partition coefficient (Wildman–Crippen LogP) is 2.55. The van der Waals surface area contributed by atoms with Gasteiger partial charge in [-0.1, -0.05) is 0 Å². The van der Waals surface area contributed by atoms with Gasteiger partial charge in [0, 0.05) is 12.5 Å². The maximum atomic E-state index is 9.45. The SMILES string of the molecule is Cc1nc2cc(-c3cnc(C4(CO)CC4)[nH]3)ccc2o1. The van der Waals surface area contributed by atoms with E-state index in [2.05, 4.69) is 15.0 Å². The van der Waals surface area contributed by atoms with Gasteiger partial charge in [0.1, 0.15) is 11.3 Å². The van der Waals surface area contributed by atoms with Gasteiger partial charge in [-0.15, -0.1) is 0 Å². The molecule has 0 amide bonds. The Bertz CT molecular complexity index is 783. The van der Waals surface area contributed by atoms with Crippen LogP contribution in [0.15, 0.2) is 28.8 Å². The number of nitrogens with zero attached hydrogens (tertiary/aromatic N) is 2. The minimum absolute atomic E-state index is 0.132. The van der Waals surface area contributed by atoms with Gasteiger partial charge < -0.3 is 14.5 Å². The van der Waals surface area contributed by atoms with Crippen LogP contribution < -0.4 is 0 Å². The minimum atomic E-state index is -0.132. The number of nitrogens with one attached hydrogen (secondary N) is 1.